The van der Waals surface area contributed by atoms with Crippen LogP contribution >= 0.6 is 0 Å². The predicted molar refractivity (Wildman–Crippen MR) is 72.1 cm³/mol. The third-order valence-electron chi connectivity index (χ3n) is 2.45. The molecule has 0 atom stereocenters. The lowest BCUT2D eigenvalue weighted by Gasteiger charge is -2.17. The minimum absolute atomic E-state index is 0.255. The maximum atomic E-state index is 11.0. The number of rotatable bonds is 9. The van der Waals surface area contributed by atoms with Crippen LogP contribution in [0.4, 0.5) is 0 Å². The molecule has 0 heterocycles. The molecule has 0 spiro atoms. The fourth-order valence-electron chi connectivity index (χ4n) is 1.60. The molecule has 0 fully saturated rings. The van der Waals surface area contributed by atoms with Crippen LogP contribution < -0.4 is 10.5 Å². The zero-order chi connectivity index (χ0) is 14.1. The Labute approximate surface area is 113 Å². The van der Waals surface area contributed by atoms with E-state index in [9.17, 15) is 4.79 Å². The summed E-state index contributed by atoms with van der Waals surface area (Å²) in [5.41, 5.74) is 5.64. The number of ether oxygens (including phenoxy) is 3. The molecular formula is C14H21NO4. The molecule has 2 N–H and O–H groups in total. The fraction of sp³-hybridized carbons (Fsp3) is 0.500. The monoisotopic (exact) mass is 267 g/mol. The summed E-state index contributed by atoms with van der Waals surface area (Å²) in [7, 11) is 0. The predicted octanol–water partition coefficient (Wildman–Crippen LogP) is 1.95. The summed E-state index contributed by atoms with van der Waals surface area (Å²) in [5.74, 6) is 0.148. The molecule has 1 aromatic rings. The van der Waals surface area contributed by atoms with E-state index in [0.29, 0.717) is 37.6 Å². The Morgan fingerprint density at radius 1 is 1.26 bits per heavy atom. The minimum Gasteiger partial charge on any atom is -0.493 e. The van der Waals surface area contributed by atoms with Gasteiger partial charge in [-0.2, -0.15) is 0 Å². The van der Waals surface area contributed by atoms with Gasteiger partial charge in [-0.15, -0.1) is 0 Å². The Kier molecular flexibility index (Phi) is 6.92. The van der Waals surface area contributed by atoms with Gasteiger partial charge in [-0.1, -0.05) is 6.07 Å². The van der Waals surface area contributed by atoms with Crippen LogP contribution in [0.3, 0.4) is 0 Å². The molecule has 5 nitrogen and oxygen atoms in total. The summed E-state index contributed by atoms with van der Waals surface area (Å²) in [5, 5.41) is 0. The smallest absolute Gasteiger partial charge is 0.248 e. The van der Waals surface area contributed by atoms with Crippen molar-refractivity contribution >= 4 is 5.91 Å². The van der Waals surface area contributed by atoms with Crippen LogP contribution in [-0.4, -0.2) is 32.0 Å². The van der Waals surface area contributed by atoms with Gasteiger partial charge in [0.1, 0.15) is 5.75 Å². The van der Waals surface area contributed by atoms with E-state index in [1.807, 2.05) is 13.8 Å². The maximum absolute atomic E-state index is 11.0. The van der Waals surface area contributed by atoms with Gasteiger partial charge in [-0.05, 0) is 32.0 Å². The second kappa shape index (κ2) is 8.50. The quantitative estimate of drug-likeness (QED) is 0.694. The number of primary amides is 1. The molecule has 5 heteroatoms. The first-order valence-electron chi connectivity index (χ1n) is 6.43. The standard InChI is InChI=1S/C14H21NO4/c1-3-17-13(18-4-2)8-9-19-12-7-5-6-11(10-12)14(15)16/h5-7,10,13H,3-4,8-9H2,1-2H3,(H2,15,16). The van der Waals surface area contributed by atoms with Crippen molar-refractivity contribution in [2.24, 2.45) is 5.73 Å². The summed E-state index contributed by atoms with van der Waals surface area (Å²) in [6.07, 6.45) is 0.372. The van der Waals surface area contributed by atoms with E-state index in [1.54, 1.807) is 24.3 Å². The average Bonchev–Trinajstić information content (AvgIpc) is 2.39. The van der Waals surface area contributed by atoms with Crippen molar-refractivity contribution in [3.05, 3.63) is 29.8 Å². The molecule has 0 aliphatic rings. The lowest BCUT2D eigenvalue weighted by Crippen LogP contribution is -2.20. The highest BCUT2D eigenvalue weighted by atomic mass is 16.7. The van der Waals surface area contributed by atoms with E-state index in [0.717, 1.165) is 0 Å². The van der Waals surface area contributed by atoms with Crippen LogP contribution in [0.25, 0.3) is 0 Å². The number of nitrogens with two attached hydrogens (primary N) is 1. The zero-order valence-corrected chi connectivity index (χ0v) is 11.4. The molecular weight excluding hydrogens is 246 g/mol. The van der Waals surface area contributed by atoms with Gasteiger partial charge < -0.3 is 19.9 Å². The second-order valence-electron chi connectivity index (χ2n) is 3.87. The molecule has 106 valence electrons. The molecule has 0 radical (unpaired) electrons. The first-order valence-corrected chi connectivity index (χ1v) is 6.43. The molecule has 0 aliphatic heterocycles. The van der Waals surface area contributed by atoms with Crippen molar-refractivity contribution in [1.82, 2.24) is 0 Å². The molecule has 0 saturated carbocycles. The highest BCUT2D eigenvalue weighted by Gasteiger charge is 2.08. The number of carbonyl (C=O) groups excluding carboxylic acids is 1. The maximum Gasteiger partial charge on any atom is 0.248 e. The largest absolute Gasteiger partial charge is 0.493 e. The number of hydrogen-bond acceptors (Lipinski definition) is 4. The number of amides is 1. The number of carbonyl (C=O) groups is 1. The van der Waals surface area contributed by atoms with Gasteiger partial charge in [0.2, 0.25) is 5.91 Å². The zero-order valence-electron chi connectivity index (χ0n) is 11.4. The van der Waals surface area contributed by atoms with Gasteiger partial charge in [0, 0.05) is 25.2 Å². The highest BCUT2D eigenvalue weighted by molar-refractivity contribution is 5.93. The molecule has 0 bridgehead atoms. The summed E-state index contributed by atoms with van der Waals surface area (Å²) >= 11 is 0. The van der Waals surface area contributed by atoms with Gasteiger partial charge in [0.25, 0.3) is 0 Å². The van der Waals surface area contributed by atoms with Crippen LogP contribution in [0.1, 0.15) is 30.6 Å². The topological polar surface area (TPSA) is 70.8 Å². The van der Waals surface area contributed by atoms with Crippen molar-refractivity contribution in [1.29, 1.82) is 0 Å². The Bertz CT molecular complexity index is 389. The van der Waals surface area contributed by atoms with Crippen LogP contribution in [0.15, 0.2) is 24.3 Å². The SMILES string of the molecule is CCOC(CCOc1cccc(C(N)=O)c1)OCC. The molecule has 0 saturated heterocycles. The summed E-state index contributed by atoms with van der Waals surface area (Å²) < 4.78 is 16.4. The van der Waals surface area contributed by atoms with Gasteiger partial charge in [0.15, 0.2) is 6.29 Å². The van der Waals surface area contributed by atoms with E-state index < -0.39 is 5.91 Å². The third-order valence-corrected chi connectivity index (χ3v) is 2.45. The van der Waals surface area contributed by atoms with Crippen LogP contribution in [0, 0.1) is 0 Å². The molecule has 19 heavy (non-hydrogen) atoms. The van der Waals surface area contributed by atoms with Crippen molar-refractivity contribution in [3.63, 3.8) is 0 Å². The minimum atomic E-state index is -0.466. The highest BCUT2D eigenvalue weighted by Crippen LogP contribution is 2.14. The Morgan fingerprint density at radius 3 is 2.53 bits per heavy atom. The normalized spacial score (nSPS) is 10.7. The van der Waals surface area contributed by atoms with Crippen LogP contribution in [0.5, 0.6) is 5.75 Å². The lowest BCUT2D eigenvalue weighted by atomic mass is 10.2. The van der Waals surface area contributed by atoms with Gasteiger partial charge in [0.05, 0.1) is 6.61 Å². The van der Waals surface area contributed by atoms with Crippen molar-refractivity contribution in [2.75, 3.05) is 19.8 Å². The van der Waals surface area contributed by atoms with E-state index >= 15 is 0 Å². The van der Waals surface area contributed by atoms with Crippen molar-refractivity contribution in [3.8, 4) is 5.75 Å². The molecule has 1 rings (SSSR count). The molecule has 0 aromatic heterocycles. The van der Waals surface area contributed by atoms with Crippen molar-refractivity contribution < 1.29 is 19.0 Å². The lowest BCUT2D eigenvalue weighted by molar-refractivity contribution is -0.142. The second-order valence-corrected chi connectivity index (χ2v) is 3.87. The summed E-state index contributed by atoms with van der Waals surface area (Å²) in [6.45, 7) is 5.49. The number of benzene rings is 1. The molecule has 0 unspecified atom stereocenters. The first-order chi connectivity index (χ1) is 9.17. The van der Waals surface area contributed by atoms with Gasteiger partial charge >= 0.3 is 0 Å². The fourth-order valence-corrected chi connectivity index (χ4v) is 1.60. The molecule has 1 amide bonds. The van der Waals surface area contributed by atoms with Crippen molar-refractivity contribution in [2.45, 2.75) is 26.6 Å². The Morgan fingerprint density at radius 2 is 1.95 bits per heavy atom. The third kappa shape index (κ3) is 5.72. The Balaban J connectivity index is 2.43. The first kappa shape index (κ1) is 15.5. The number of hydrogen-bond donors (Lipinski definition) is 1. The van der Waals surface area contributed by atoms with Gasteiger partial charge in [-0.25, -0.2) is 0 Å². The van der Waals surface area contributed by atoms with Crippen LogP contribution in [-0.2, 0) is 9.47 Å². The van der Waals surface area contributed by atoms with E-state index in [-0.39, 0.29) is 6.29 Å². The van der Waals surface area contributed by atoms with Crippen LogP contribution in [0.2, 0.25) is 0 Å². The molecule has 1 aromatic carbocycles. The van der Waals surface area contributed by atoms with Gasteiger partial charge in [-0.3, -0.25) is 4.79 Å². The van der Waals surface area contributed by atoms with E-state index in [1.165, 1.54) is 0 Å². The average molecular weight is 267 g/mol. The molecule has 0 aliphatic carbocycles. The van der Waals surface area contributed by atoms with E-state index in [4.69, 9.17) is 19.9 Å². The summed E-state index contributed by atoms with van der Waals surface area (Å²) in [6, 6.07) is 6.79. The Hall–Kier alpha value is -1.59. The summed E-state index contributed by atoms with van der Waals surface area (Å²) in [4.78, 5) is 11.0. The van der Waals surface area contributed by atoms with E-state index in [2.05, 4.69) is 0 Å².